The Morgan fingerprint density at radius 1 is 1.11 bits per heavy atom. The Kier molecular flexibility index (Phi) is 7.59. The van der Waals surface area contributed by atoms with Crippen molar-refractivity contribution in [2.45, 2.75) is 37.1 Å². The number of benzene rings is 2. The standard InChI is InChI=1S/C23H22F3N3O6S/c24-14-9-16(26)15(25)7-12(14)6-13(27)8-19(30)29-3-4-36-21(29)20(31)28-10-11-1-2-17-18(5-11)35-23(34-17)22(32)33/h1-2,5,7,9,13,21,23H,3-4,6,8,10,27H2,(H,28,31)(H,32,33). The molecule has 2 aliphatic rings. The van der Waals surface area contributed by atoms with E-state index in [0.717, 1.165) is 6.07 Å². The van der Waals surface area contributed by atoms with Crippen molar-refractivity contribution in [1.82, 2.24) is 10.2 Å². The van der Waals surface area contributed by atoms with Crippen LogP contribution in [-0.2, 0) is 27.3 Å². The zero-order chi connectivity index (χ0) is 26.0. The van der Waals surface area contributed by atoms with E-state index in [0.29, 0.717) is 23.9 Å². The van der Waals surface area contributed by atoms with Crippen molar-refractivity contribution in [3.05, 3.63) is 58.9 Å². The number of hydrogen-bond acceptors (Lipinski definition) is 7. The molecule has 13 heteroatoms. The number of carboxylic acid groups (broad SMARTS) is 1. The quantitative estimate of drug-likeness (QED) is 0.445. The van der Waals surface area contributed by atoms with Gasteiger partial charge in [-0.2, -0.15) is 0 Å². The van der Waals surface area contributed by atoms with Gasteiger partial charge in [0, 0.05) is 37.4 Å². The predicted octanol–water partition coefficient (Wildman–Crippen LogP) is 1.76. The summed E-state index contributed by atoms with van der Waals surface area (Å²) >= 11 is 1.27. The Balaban J connectivity index is 1.31. The summed E-state index contributed by atoms with van der Waals surface area (Å²) < 4.78 is 50.8. The molecule has 36 heavy (non-hydrogen) atoms. The SMILES string of the molecule is NC(CC(=O)N1CCSC1C(=O)NCc1ccc2c(c1)OC(C(=O)O)O2)Cc1cc(F)c(F)cc1F. The summed E-state index contributed by atoms with van der Waals surface area (Å²) in [5.74, 6) is -4.52. The molecule has 0 spiro atoms. The van der Waals surface area contributed by atoms with Gasteiger partial charge in [-0.05, 0) is 35.7 Å². The van der Waals surface area contributed by atoms with Crippen LogP contribution in [0.4, 0.5) is 13.2 Å². The van der Waals surface area contributed by atoms with Crippen LogP contribution in [0.3, 0.4) is 0 Å². The van der Waals surface area contributed by atoms with Crippen molar-refractivity contribution in [3.8, 4) is 11.5 Å². The number of carbonyl (C=O) groups excluding carboxylic acids is 2. The summed E-state index contributed by atoms with van der Waals surface area (Å²) in [6.07, 6.45) is -1.82. The molecule has 0 aromatic heterocycles. The van der Waals surface area contributed by atoms with E-state index < -0.39 is 52.9 Å². The lowest BCUT2D eigenvalue weighted by Gasteiger charge is -2.24. The Bertz CT molecular complexity index is 1200. The van der Waals surface area contributed by atoms with Crippen molar-refractivity contribution in [2.75, 3.05) is 12.3 Å². The first-order valence-electron chi connectivity index (χ1n) is 10.9. The number of carboxylic acids is 1. The monoisotopic (exact) mass is 525 g/mol. The van der Waals surface area contributed by atoms with Crippen molar-refractivity contribution >= 4 is 29.5 Å². The smallest absolute Gasteiger partial charge is 0.387 e. The summed E-state index contributed by atoms with van der Waals surface area (Å²) in [4.78, 5) is 38.0. The molecule has 9 nitrogen and oxygen atoms in total. The van der Waals surface area contributed by atoms with Crippen LogP contribution in [-0.4, -0.2) is 57.8 Å². The molecule has 1 saturated heterocycles. The fourth-order valence-corrected chi connectivity index (χ4v) is 5.01. The van der Waals surface area contributed by atoms with E-state index in [1.807, 2.05) is 0 Å². The topological polar surface area (TPSA) is 131 Å². The van der Waals surface area contributed by atoms with Crippen molar-refractivity contribution in [2.24, 2.45) is 5.73 Å². The van der Waals surface area contributed by atoms with Gasteiger partial charge < -0.3 is 30.5 Å². The molecule has 2 aromatic carbocycles. The number of nitrogens with two attached hydrogens (primary N) is 1. The van der Waals surface area contributed by atoms with Crippen molar-refractivity contribution in [1.29, 1.82) is 0 Å². The number of carbonyl (C=O) groups is 3. The summed E-state index contributed by atoms with van der Waals surface area (Å²) in [5.41, 5.74) is 6.46. The van der Waals surface area contributed by atoms with Crippen molar-refractivity contribution < 1.29 is 42.1 Å². The highest BCUT2D eigenvalue weighted by Gasteiger charge is 2.35. The molecule has 0 saturated carbocycles. The zero-order valence-electron chi connectivity index (χ0n) is 18.7. The Hall–Kier alpha value is -3.45. The minimum absolute atomic E-state index is 0.0984. The van der Waals surface area contributed by atoms with Gasteiger partial charge in [0.15, 0.2) is 28.5 Å². The number of thioether (sulfide) groups is 1. The number of aliphatic carboxylic acids is 1. The van der Waals surface area contributed by atoms with Gasteiger partial charge in [-0.15, -0.1) is 11.8 Å². The molecule has 0 aliphatic carbocycles. The molecule has 2 aromatic rings. The predicted molar refractivity (Wildman–Crippen MR) is 122 cm³/mol. The first-order chi connectivity index (χ1) is 17.1. The fourth-order valence-electron chi connectivity index (χ4n) is 3.84. The normalized spacial score (nSPS) is 19.3. The number of rotatable bonds is 8. The molecule has 2 aliphatic heterocycles. The Labute approximate surface area is 207 Å². The molecule has 2 amide bonds. The maximum atomic E-state index is 13.9. The van der Waals surface area contributed by atoms with E-state index in [9.17, 15) is 27.6 Å². The average molecular weight is 526 g/mol. The van der Waals surface area contributed by atoms with Crippen LogP contribution in [0.5, 0.6) is 11.5 Å². The molecular weight excluding hydrogens is 503 g/mol. The van der Waals surface area contributed by atoms with E-state index in [4.69, 9.17) is 20.3 Å². The summed E-state index contributed by atoms with van der Waals surface area (Å²) in [5, 5.41) is 10.9. The van der Waals surface area contributed by atoms with E-state index in [2.05, 4.69) is 5.32 Å². The number of amides is 2. The number of hydrogen-bond donors (Lipinski definition) is 3. The minimum atomic E-state index is -1.43. The maximum absolute atomic E-state index is 13.9. The highest BCUT2D eigenvalue weighted by molar-refractivity contribution is 8.00. The van der Waals surface area contributed by atoms with Crippen LogP contribution < -0.4 is 20.5 Å². The lowest BCUT2D eigenvalue weighted by molar-refractivity contribution is -0.154. The van der Waals surface area contributed by atoms with E-state index in [1.165, 1.54) is 22.7 Å². The van der Waals surface area contributed by atoms with Gasteiger partial charge >= 0.3 is 12.3 Å². The molecule has 4 rings (SSSR count). The molecule has 2 heterocycles. The second-order valence-electron chi connectivity index (χ2n) is 8.24. The lowest BCUT2D eigenvalue weighted by atomic mass is 10.0. The number of ether oxygens (including phenoxy) is 2. The number of halogens is 3. The van der Waals surface area contributed by atoms with Gasteiger partial charge in [0.1, 0.15) is 5.82 Å². The van der Waals surface area contributed by atoms with Crippen LogP contribution >= 0.6 is 11.8 Å². The summed E-state index contributed by atoms with van der Waals surface area (Å²) in [7, 11) is 0. The van der Waals surface area contributed by atoms with Gasteiger partial charge in [0.25, 0.3) is 5.91 Å². The summed E-state index contributed by atoms with van der Waals surface area (Å²) in [6.45, 7) is 0.412. The molecule has 3 atom stereocenters. The van der Waals surface area contributed by atoms with Gasteiger partial charge in [-0.1, -0.05) is 6.07 Å². The fraction of sp³-hybridized carbons (Fsp3) is 0.348. The van der Waals surface area contributed by atoms with Gasteiger partial charge in [0.05, 0.1) is 0 Å². The zero-order valence-corrected chi connectivity index (χ0v) is 19.5. The van der Waals surface area contributed by atoms with Crippen LogP contribution in [0.1, 0.15) is 17.5 Å². The first kappa shape index (κ1) is 25.6. The summed E-state index contributed by atoms with van der Waals surface area (Å²) in [6, 6.07) is 5.02. The van der Waals surface area contributed by atoms with E-state index >= 15 is 0 Å². The Morgan fingerprint density at radius 3 is 2.58 bits per heavy atom. The third kappa shape index (κ3) is 5.68. The third-order valence-electron chi connectivity index (χ3n) is 5.59. The largest absolute Gasteiger partial charge is 0.476 e. The number of nitrogens with one attached hydrogen (secondary N) is 1. The van der Waals surface area contributed by atoms with Crippen LogP contribution in [0.2, 0.25) is 0 Å². The van der Waals surface area contributed by atoms with E-state index in [-0.39, 0.29) is 36.4 Å². The van der Waals surface area contributed by atoms with Crippen LogP contribution in [0, 0.1) is 17.5 Å². The molecule has 1 fully saturated rings. The molecule has 192 valence electrons. The van der Waals surface area contributed by atoms with Crippen molar-refractivity contribution in [3.63, 3.8) is 0 Å². The number of fused-ring (bicyclic) bond motifs is 1. The second-order valence-corrected chi connectivity index (χ2v) is 9.43. The molecule has 0 radical (unpaired) electrons. The molecule has 3 unspecified atom stereocenters. The van der Waals surface area contributed by atoms with E-state index in [1.54, 1.807) is 12.1 Å². The Morgan fingerprint density at radius 2 is 1.83 bits per heavy atom. The maximum Gasteiger partial charge on any atom is 0.387 e. The lowest BCUT2D eigenvalue weighted by Crippen LogP contribution is -2.46. The highest BCUT2D eigenvalue weighted by Crippen LogP contribution is 2.35. The van der Waals surface area contributed by atoms with Gasteiger partial charge in [0.2, 0.25) is 5.91 Å². The first-order valence-corrected chi connectivity index (χ1v) is 11.9. The van der Waals surface area contributed by atoms with Crippen LogP contribution in [0.25, 0.3) is 0 Å². The second kappa shape index (κ2) is 10.7. The molecular formula is C23H22F3N3O6S. The molecule has 0 bridgehead atoms. The van der Waals surface area contributed by atoms with Gasteiger partial charge in [-0.25, -0.2) is 18.0 Å². The third-order valence-corrected chi connectivity index (χ3v) is 6.79. The minimum Gasteiger partial charge on any atom is -0.476 e. The van der Waals surface area contributed by atoms with Crippen LogP contribution in [0.15, 0.2) is 30.3 Å². The number of nitrogens with zero attached hydrogens (tertiary/aromatic N) is 1. The van der Waals surface area contributed by atoms with Gasteiger partial charge in [-0.3, -0.25) is 9.59 Å². The average Bonchev–Trinajstić information content (AvgIpc) is 3.48. The highest BCUT2D eigenvalue weighted by atomic mass is 32.2. The molecule has 4 N–H and O–H groups in total.